The van der Waals surface area contributed by atoms with E-state index in [2.05, 4.69) is 20.5 Å². The fourth-order valence-electron chi connectivity index (χ4n) is 2.32. The molecule has 0 saturated heterocycles. The van der Waals surface area contributed by atoms with Crippen molar-refractivity contribution in [1.29, 1.82) is 0 Å². The zero-order valence-electron chi connectivity index (χ0n) is 12.5. The summed E-state index contributed by atoms with van der Waals surface area (Å²) < 4.78 is 13.2. The van der Waals surface area contributed by atoms with E-state index in [1.54, 1.807) is 31.3 Å². The summed E-state index contributed by atoms with van der Waals surface area (Å²) in [6.45, 7) is 1.77. The molecule has 0 aliphatic rings. The largest absolute Gasteiger partial charge is 0.339 e. The van der Waals surface area contributed by atoms with Crippen molar-refractivity contribution in [2.75, 3.05) is 0 Å². The van der Waals surface area contributed by atoms with Crippen LogP contribution in [0.15, 0.2) is 54.9 Å². The second-order valence-electron chi connectivity index (χ2n) is 5.12. The van der Waals surface area contributed by atoms with E-state index in [9.17, 15) is 9.18 Å². The van der Waals surface area contributed by atoms with Crippen LogP contribution in [0, 0.1) is 12.7 Å². The van der Waals surface area contributed by atoms with Crippen LogP contribution in [-0.2, 0) is 0 Å². The third-order valence-electron chi connectivity index (χ3n) is 3.54. The van der Waals surface area contributed by atoms with E-state index in [0.29, 0.717) is 17.0 Å². The number of aromatic nitrogens is 3. The standard InChI is InChI=1S/C17H15FN4O/c1-11-14(10-20-22-11)17(23)21-16(15-4-2-3-9-19-15)12-5-7-13(18)8-6-12/h2-10,16H,1H3,(H,20,22)(H,21,23). The van der Waals surface area contributed by atoms with Gasteiger partial charge in [0.25, 0.3) is 5.91 Å². The number of amides is 1. The van der Waals surface area contributed by atoms with Crippen molar-refractivity contribution in [2.24, 2.45) is 0 Å². The van der Waals surface area contributed by atoms with Crippen LogP contribution in [0.5, 0.6) is 0 Å². The minimum Gasteiger partial charge on any atom is -0.339 e. The average Bonchev–Trinajstić information content (AvgIpc) is 3.00. The molecule has 1 atom stereocenters. The van der Waals surface area contributed by atoms with E-state index >= 15 is 0 Å². The van der Waals surface area contributed by atoms with E-state index in [1.165, 1.54) is 18.3 Å². The van der Waals surface area contributed by atoms with Crippen LogP contribution < -0.4 is 5.32 Å². The molecule has 1 unspecified atom stereocenters. The van der Waals surface area contributed by atoms with Gasteiger partial charge in [0, 0.05) is 11.9 Å². The number of rotatable bonds is 4. The summed E-state index contributed by atoms with van der Waals surface area (Å²) in [7, 11) is 0. The van der Waals surface area contributed by atoms with Gasteiger partial charge in [-0.2, -0.15) is 5.10 Å². The van der Waals surface area contributed by atoms with Crippen molar-refractivity contribution < 1.29 is 9.18 Å². The topological polar surface area (TPSA) is 70.7 Å². The highest BCUT2D eigenvalue weighted by atomic mass is 19.1. The van der Waals surface area contributed by atoms with Gasteiger partial charge in [-0.25, -0.2) is 4.39 Å². The first-order chi connectivity index (χ1) is 11.1. The molecule has 0 spiro atoms. The molecule has 0 fully saturated rings. The van der Waals surface area contributed by atoms with Crippen LogP contribution in [0.3, 0.4) is 0 Å². The molecule has 0 radical (unpaired) electrons. The van der Waals surface area contributed by atoms with Gasteiger partial charge in [0.2, 0.25) is 0 Å². The number of pyridine rings is 1. The molecule has 23 heavy (non-hydrogen) atoms. The maximum atomic E-state index is 13.2. The molecule has 0 bridgehead atoms. The van der Waals surface area contributed by atoms with Gasteiger partial charge in [-0.15, -0.1) is 0 Å². The van der Waals surface area contributed by atoms with Gasteiger partial charge in [0.1, 0.15) is 5.82 Å². The Morgan fingerprint density at radius 2 is 2.00 bits per heavy atom. The molecule has 0 saturated carbocycles. The van der Waals surface area contributed by atoms with Crippen LogP contribution in [0.1, 0.15) is 33.4 Å². The Bertz CT molecular complexity index is 799. The Hall–Kier alpha value is -3.02. The van der Waals surface area contributed by atoms with Crippen molar-refractivity contribution in [2.45, 2.75) is 13.0 Å². The predicted octanol–water partition coefficient (Wildman–Crippen LogP) is 2.77. The Morgan fingerprint density at radius 1 is 1.22 bits per heavy atom. The molecule has 6 heteroatoms. The molecule has 2 aromatic heterocycles. The fraction of sp³-hybridized carbons (Fsp3) is 0.118. The highest BCUT2D eigenvalue weighted by molar-refractivity contribution is 5.95. The summed E-state index contributed by atoms with van der Waals surface area (Å²) in [6, 6.07) is 11.0. The lowest BCUT2D eigenvalue weighted by molar-refractivity contribution is 0.0941. The number of H-pyrrole nitrogens is 1. The van der Waals surface area contributed by atoms with Crippen LogP contribution in [0.2, 0.25) is 0 Å². The SMILES string of the molecule is Cc1[nH]ncc1C(=O)NC(c1ccc(F)cc1)c1ccccn1. The first kappa shape index (κ1) is 14.9. The first-order valence-electron chi connectivity index (χ1n) is 7.12. The third kappa shape index (κ3) is 3.26. The van der Waals surface area contributed by atoms with Gasteiger partial charge in [-0.3, -0.25) is 14.9 Å². The number of hydrogen-bond acceptors (Lipinski definition) is 3. The fourth-order valence-corrected chi connectivity index (χ4v) is 2.32. The monoisotopic (exact) mass is 310 g/mol. The van der Waals surface area contributed by atoms with E-state index in [0.717, 1.165) is 5.56 Å². The van der Waals surface area contributed by atoms with Gasteiger partial charge < -0.3 is 5.32 Å². The van der Waals surface area contributed by atoms with Gasteiger partial charge in [-0.1, -0.05) is 18.2 Å². The van der Waals surface area contributed by atoms with Crippen LogP contribution in [-0.4, -0.2) is 21.1 Å². The molecular formula is C17H15FN4O. The number of nitrogens with one attached hydrogen (secondary N) is 2. The molecule has 0 aliphatic carbocycles. The minimum absolute atomic E-state index is 0.267. The second kappa shape index (κ2) is 6.39. The van der Waals surface area contributed by atoms with Gasteiger partial charge in [-0.05, 0) is 36.8 Å². The summed E-state index contributed by atoms with van der Waals surface area (Å²) in [5.74, 6) is -0.596. The van der Waals surface area contributed by atoms with Crippen molar-refractivity contribution in [3.63, 3.8) is 0 Å². The van der Waals surface area contributed by atoms with E-state index in [-0.39, 0.29) is 11.7 Å². The predicted molar refractivity (Wildman–Crippen MR) is 83.3 cm³/mol. The Kier molecular flexibility index (Phi) is 4.14. The number of carbonyl (C=O) groups excluding carboxylic acids is 1. The number of aromatic amines is 1. The molecule has 5 nitrogen and oxygen atoms in total. The Balaban J connectivity index is 1.94. The summed E-state index contributed by atoms with van der Waals surface area (Å²) in [6.07, 6.45) is 3.13. The number of aryl methyl sites for hydroxylation is 1. The maximum absolute atomic E-state index is 13.2. The van der Waals surface area contributed by atoms with Gasteiger partial charge in [0.05, 0.1) is 23.5 Å². The van der Waals surface area contributed by atoms with Crippen molar-refractivity contribution in [3.05, 3.63) is 83.2 Å². The Morgan fingerprint density at radius 3 is 2.61 bits per heavy atom. The molecule has 116 valence electrons. The lowest BCUT2D eigenvalue weighted by Gasteiger charge is -2.18. The highest BCUT2D eigenvalue weighted by Gasteiger charge is 2.20. The molecule has 1 amide bonds. The van der Waals surface area contributed by atoms with Crippen LogP contribution >= 0.6 is 0 Å². The van der Waals surface area contributed by atoms with Crippen LogP contribution in [0.25, 0.3) is 0 Å². The molecule has 1 aromatic carbocycles. The summed E-state index contributed by atoms with van der Waals surface area (Å²) in [5.41, 5.74) is 2.57. The summed E-state index contributed by atoms with van der Waals surface area (Å²) in [4.78, 5) is 16.8. The van der Waals surface area contributed by atoms with E-state index < -0.39 is 6.04 Å². The van der Waals surface area contributed by atoms with Gasteiger partial charge >= 0.3 is 0 Å². The normalized spacial score (nSPS) is 11.9. The highest BCUT2D eigenvalue weighted by Crippen LogP contribution is 2.21. The smallest absolute Gasteiger partial charge is 0.255 e. The number of hydrogen-bond donors (Lipinski definition) is 2. The average molecular weight is 310 g/mol. The maximum Gasteiger partial charge on any atom is 0.255 e. The zero-order valence-corrected chi connectivity index (χ0v) is 12.5. The van der Waals surface area contributed by atoms with Gasteiger partial charge in [0.15, 0.2) is 0 Å². The number of benzene rings is 1. The quantitative estimate of drug-likeness (QED) is 0.778. The van der Waals surface area contributed by atoms with E-state index in [4.69, 9.17) is 0 Å². The summed E-state index contributed by atoms with van der Waals surface area (Å²) in [5, 5.41) is 9.52. The minimum atomic E-state index is -0.474. The molecular weight excluding hydrogens is 295 g/mol. The van der Waals surface area contributed by atoms with Crippen molar-refractivity contribution >= 4 is 5.91 Å². The Labute approximate surface area is 132 Å². The number of halogens is 1. The van der Waals surface area contributed by atoms with Crippen molar-refractivity contribution in [3.8, 4) is 0 Å². The lowest BCUT2D eigenvalue weighted by Crippen LogP contribution is -2.30. The van der Waals surface area contributed by atoms with E-state index in [1.807, 2.05) is 12.1 Å². The van der Waals surface area contributed by atoms with Crippen LogP contribution in [0.4, 0.5) is 4.39 Å². The third-order valence-corrected chi connectivity index (χ3v) is 3.54. The first-order valence-corrected chi connectivity index (χ1v) is 7.12. The zero-order chi connectivity index (χ0) is 16.2. The molecule has 3 rings (SSSR count). The molecule has 2 N–H and O–H groups in total. The van der Waals surface area contributed by atoms with Crippen molar-refractivity contribution in [1.82, 2.24) is 20.5 Å². The molecule has 2 heterocycles. The lowest BCUT2D eigenvalue weighted by atomic mass is 10.0. The second-order valence-corrected chi connectivity index (χ2v) is 5.12. The number of carbonyl (C=O) groups is 1. The molecule has 0 aliphatic heterocycles. The molecule has 3 aromatic rings. The number of nitrogens with zero attached hydrogens (tertiary/aromatic N) is 2. The summed E-state index contributed by atoms with van der Waals surface area (Å²) >= 11 is 0.